The Labute approximate surface area is 161 Å². The van der Waals surface area contributed by atoms with Crippen molar-refractivity contribution < 1.29 is 9.90 Å². The molecule has 1 N–H and O–H groups in total. The van der Waals surface area contributed by atoms with Crippen LogP contribution in [0.25, 0.3) is 6.08 Å². The van der Waals surface area contributed by atoms with Gasteiger partial charge < -0.3 is 9.67 Å². The molecule has 26 heavy (non-hydrogen) atoms. The second-order valence-electron chi connectivity index (χ2n) is 5.86. The summed E-state index contributed by atoms with van der Waals surface area (Å²) in [5.74, 6) is -0.0148. The van der Waals surface area contributed by atoms with Gasteiger partial charge >= 0.3 is 5.97 Å². The zero-order chi connectivity index (χ0) is 18.5. The molecule has 1 aromatic carbocycles. The van der Waals surface area contributed by atoms with Gasteiger partial charge in [-0.15, -0.1) is 11.3 Å². The van der Waals surface area contributed by atoms with Crippen LogP contribution in [0.2, 0.25) is 5.02 Å². The van der Waals surface area contributed by atoms with Gasteiger partial charge in [0.1, 0.15) is 5.82 Å². The van der Waals surface area contributed by atoms with Crippen LogP contribution in [0.3, 0.4) is 0 Å². The van der Waals surface area contributed by atoms with Crippen LogP contribution >= 0.6 is 22.9 Å². The zero-order valence-corrected chi connectivity index (χ0v) is 15.9. The Bertz CT molecular complexity index is 929. The Morgan fingerprint density at radius 3 is 2.77 bits per heavy atom. The van der Waals surface area contributed by atoms with Gasteiger partial charge in [-0.25, -0.2) is 9.78 Å². The lowest BCUT2D eigenvalue weighted by molar-refractivity contribution is -0.132. The van der Waals surface area contributed by atoms with Crippen molar-refractivity contribution in [3.8, 4) is 0 Å². The third-order valence-corrected chi connectivity index (χ3v) is 5.36. The molecule has 0 fully saturated rings. The van der Waals surface area contributed by atoms with E-state index in [9.17, 15) is 9.90 Å². The van der Waals surface area contributed by atoms with Crippen LogP contribution in [0.1, 0.15) is 28.9 Å². The second kappa shape index (κ2) is 8.34. The topological polar surface area (TPSA) is 55.1 Å². The molecule has 0 aliphatic heterocycles. The maximum Gasteiger partial charge on any atom is 0.332 e. The molecule has 6 heteroatoms. The number of rotatable bonds is 7. The summed E-state index contributed by atoms with van der Waals surface area (Å²) in [6, 6.07) is 11.5. The van der Waals surface area contributed by atoms with Crippen molar-refractivity contribution in [2.24, 2.45) is 0 Å². The zero-order valence-electron chi connectivity index (χ0n) is 14.4. The Balaban J connectivity index is 1.97. The summed E-state index contributed by atoms with van der Waals surface area (Å²) in [5.41, 5.74) is 2.10. The number of carbonyl (C=O) groups is 1. The molecular weight excluding hydrogens is 368 g/mol. The van der Waals surface area contributed by atoms with E-state index < -0.39 is 5.97 Å². The summed E-state index contributed by atoms with van der Waals surface area (Å²) in [5, 5.41) is 12.2. The number of benzene rings is 1. The predicted octanol–water partition coefficient (Wildman–Crippen LogP) is 4.92. The number of aryl methyl sites for hydroxylation is 1. The maximum absolute atomic E-state index is 11.7. The van der Waals surface area contributed by atoms with Gasteiger partial charge in [0, 0.05) is 28.3 Å². The van der Waals surface area contributed by atoms with Crippen LogP contribution < -0.4 is 0 Å². The quantitative estimate of drug-likeness (QED) is 0.586. The van der Waals surface area contributed by atoms with Gasteiger partial charge in [-0.3, -0.25) is 0 Å². The lowest BCUT2D eigenvalue weighted by atomic mass is 10.1. The molecule has 134 valence electrons. The number of nitrogens with zero attached hydrogens (tertiary/aromatic N) is 2. The first-order chi connectivity index (χ1) is 12.6. The van der Waals surface area contributed by atoms with Crippen LogP contribution in [0.4, 0.5) is 0 Å². The molecule has 0 spiro atoms. The molecule has 4 nitrogen and oxygen atoms in total. The van der Waals surface area contributed by atoms with Crippen LogP contribution in [0.5, 0.6) is 0 Å². The number of imidazole rings is 1. The van der Waals surface area contributed by atoms with E-state index in [1.807, 2.05) is 53.3 Å². The van der Waals surface area contributed by atoms with Gasteiger partial charge in [0.25, 0.3) is 0 Å². The van der Waals surface area contributed by atoms with E-state index in [0.29, 0.717) is 23.6 Å². The normalized spacial score (nSPS) is 11.7. The highest BCUT2D eigenvalue weighted by molar-refractivity contribution is 7.09. The van der Waals surface area contributed by atoms with Gasteiger partial charge in [-0.05, 0) is 29.2 Å². The number of carboxylic acids is 1. The minimum atomic E-state index is -0.915. The molecule has 0 aliphatic rings. The Morgan fingerprint density at radius 2 is 2.12 bits per heavy atom. The van der Waals surface area contributed by atoms with E-state index in [0.717, 1.165) is 28.4 Å². The van der Waals surface area contributed by atoms with Crippen molar-refractivity contribution in [3.63, 3.8) is 0 Å². The molecule has 0 saturated heterocycles. The molecule has 2 aromatic heterocycles. The Hall–Kier alpha value is -2.37. The molecule has 2 heterocycles. The monoisotopic (exact) mass is 386 g/mol. The molecule has 0 unspecified atom stereocenters. The van der Waals surface area contributed by atoms with Gasteiger partial charge in [0.15, 0.2) is 0 Å². The maximum atomic E-state index is 11.7. The van der Waals surface area contributed by atoms with E-state index in [-0.39, 0.29) is 0 Å². The summed E-state index contributed by atoms with van der Waals surface area (Å²) in [4.78, 5) is 17.2. The van der Waals surface area contributed by atoms with E-state index in [4.69, 9.17) is 11.6 Å². The van der Waals surface area contributed by atoms with Gasteiger partial charge in [-0.2, -0.15) is 0 Å². The van der Waals surface area contributed by atoms with E-state index in [2.05, 4.69) is 4.98 Å². The summed E-state index contributed by atoms with van der Waals surface area (Å²) >= 11 is 7.85. The van der Waals surface area contributed by atoms with E-state index in [1.165, 1.54) is 0 Å². The first kappa shape index (κ1) is 18.4. The van der Waals surface area contributed by atoms with Gasteiger partial charge in [0.05, 0.1) is 18.4 Å². The predicted molar refractivity (Wildman–Crippen MR) is 106 cm³/mol. The highest BCUT2D eigenvalue weighted by atomic mass is 35.5. The highest BCUT2D eigenvalue weighted by Gasteiger charge is 2.14. The standard InChI is InChI=1S/C20H19ClN2O2S/c1-2-19-22-12-16(23(19)13-14-6-3-4-8-18(14)21)10-15(20(24)25)11-17-7-5-9-26-17/h3-10,12H,2,11,13H2,1H3,(H,24,25)/b15-10+. The number of hydrogen-bond acceptors (Lipinski definition) is 3. The van der Waals surface area contributed by atoms with Crippen LogP contribution in [-0.4, -0.2) is 20.6 Å². The molecule has 0 aliphatic carbocycles. The van der Waals surface area contributed by atoms with Gasteiger partial charge in [-0.1, -0.05) is 42.8 Å². The summed E-state index contributed by atoms with van der Waals surface area (Å²) < 4.78 is 2.03. The average Bonchev–Trinajstić information content (AvgIpc) is 3.26. The molecule has 3 rings (SSSR count). The average molecular weight is 387 g/mol. The Morgan fingerprint density at radius 1 is 1.31 bits per heavy atom. The minimum absolute atomic E-state index is 0.343. The number of aromatic nitrogens is 2. The minimum Gasteiger partial charge on any atom is -0.478 e. The lowest BCUT2D eigenvalue weighted by Crippen LogP contribution is -2.09. The van der Waals surface area contributed by atoms with Crippen molar-refractivity contribution in [1.29, 1.82) is 0 Å². The molecule has 0 atom stereocenters. The Kier molecular flexibility index (Phi) is 5.91. The fourth-order valence-electron chi connectivity index (χ4n) is 2.77. The smallest absolute Gasteiger partial charge is 0.332 e. The number of thiophene rings is 1. The largest absolute Gasteiger partial charge is 0.478 e. The highest BCUT2D eigenvalue weighted by Crippen LogP contribution is 2.21. The van der Waals surface area contributed by atoms with Crippen molar-refractivity contribution >= 4 is 35.0 Å². The third kappa shape index (κ3) is 4.23. The SMILES string of the molecule is CCc1ncc(/C=C(\Cc2cccs2)C(=O)O)n1Cc1ccccc1Cl. The van der Waals surface area contributed by atoms with E-state index >= 15 is 0 Å². The van der Waals surface area contributed by atoms with E-state index in [1.54, 1.807) is 23.6 Å². The fraction of sp³-hybridized carbons (Fsp3) is 0.200. The van der Waals surface area contributed by atoms with Crippen LogP contribution in [0.15, 0.2) is 53.5 Å². The molecule has 0 saturated carbocycles. The number of hydrogen-bond donors (Lipinski definition) is 1. The lowest BCUT2D eigenvalue weighted by Gasteiger charge is -2.11. The van der Waals surface area contributed by atoms with Crippen molar-refractivity contribution in [1.82, 2.24) is 9.55 Å². The summed E-state index contributed by atoms with van der Waals surface area (Å²) in [7, 11) is 0. The third-order valence-electron chi connectivity index (χ3n) is 4.11. The van der Waals surface area contributed by atoms with Crippen molar-refractivity contribution in [2.75, 3.05) is 0 Å². The molecule has 3 aromatic rings. The first-order valence-electron chi connectivity index (χ1n) is 8.32. The fourth-order valence-corrected chi connectivity index (χ4v) is 3.70. The second-order valence-corrected chi connectivity index (χ2v) is 7.30. The molecule has 0 bridgehead atoms. The molecular formula is C20H19ClN2O2S. The molecule has 0 amide bonds. The van der Waals surface area contributed by atoms with Crippen molar-refractivity contribution in [2.45, 2.75) is 26.3 Å². The van der Waals surface area contributed by atoms with Crippen LogP contribution in [-0.2, 0) is 24.2 Å². The summed E-state index contributed by atoms with van der Waals surface area (Å²) in [6.07, 6.45) is 4.59. The number of aliphatic carboxylic acids is 1. The first-order valence-corrected chi connectivity index (χ1v) is 9.58. The van der Waals surface area contributed by atoms with Gasteiger partial charge in [0.2, 0.25) is 0 Å². The summed E-state index contributed by atoms with van der Waals surface area (Å²) in [6.45, 7) is 2.59. The molecule has 0 radical (unpaired) electrons. The number of halogens is 1. The van der Waals surface area contributed by atoms with Crippen molar-refractivity contribution in [3.05, 3.63) is 80.5 Å². The number of carboxylic acid groups (broad SMARTS) is 1. The van der Waals surface area contributed by atoms with Crippen LogP contribution in [0, 0.1) is 0 Å².